The Labute approximate surface area is 277 Å². The zero-order valence-corrected chi connectivity index (χ0v) is 26.9. The Bertz CT molecular complexity index is 1990. The van der Waals surface area contributed by atoms with Crippen LogP contribution in [0.3, 0.4) is 0 Å². The van der Waals surface area contributed by atoms with E-state index in [0.717, 1.165) is 32.4 Å². The zero-order chi connectivity index (χ0) is 31.8. The number of furan rings is 2. The second-order valence-corrected chi connectivity index (χ2v) is 13.3. The lowest BCUT2D eigenvalue weighted by atomic mass is 10.0. The number of nitrogens with one attached hydrogen (secondary N) is 1. The molecule has 0 bridgehead atoms. The van der Waals surface area contributed by atoms with Crippen molar-refractivity contribution in [3.63, 3.8) is 0 Å². The van der Waals surface area contributed by atoms with Crippen LogP contribution in [0.5, 0.6) is 5.75 Å². The van der Waals surface area contributed by atoms with Gasteiger partial charge in [-0.2, -0.15) is 0 Å². The predicted octanol–water partition coefficient (Wildman–Crippen LogP) is 6.62. The van der Waals surface area contributed by atoms with E-state index in [9.17, 15) is 14.4 Å². The minimum Gasteiger partial charge on any atom is -0.497 e. The number of halogens is 1. The molecule has 2 aromatic heterocycles. The number of carbonyl (C=O) groups excluding carboxylic acids is 3. The molecular formula is C34H27ClN2O7S2. The monoisotopic (exact) mass is 674 g/mol. The van der Waals surface area contributed by atoms with Crippen LogP contribution in [-0.2, 0) is 38.0 Å². The van der Waals surface area contributed by atoms with Gasteiger partial charge in [-0.15, -0.1) is 23.4 Å². The molecule has 9 nitrogen and oxygen atoms in total. The van der Waals surface area contributed by atoms with Crippen LogP contribution in [0, 0.1) is 0 Å². The third-order valence-electron chi connectivity index (χ3n) is 7.79. The second kappa shape index (κ2) is 12.8. The molecule has 2 aliphatic rings. The fraction of sp³-hybridized carbons (Fsp3) is 0.206. The van der Waals surface area contributed by atoms with Crippen molar-refractivity contribution >= 4 is 74.8 Å². The Morgan fingerprint density at radius 1 is 1.04 bits per heavy atom. The highest BCUT2D eigenvalue weighted by molar-refractivity contribution is 8.06. The van der Waals surface area contributed by atoms with Crippen molar-refractivity contribution in [3.8, 4) is 5.75 Å². The lowest BCUT2D eigenvalue weighted by molar-refractivity contribution is -0.153. The molecule has 7 rings (SSSR count). The Morgan fingerprint density at radius 3 is 2.54 bits per heavy atom. The number of amides is 2. The van der Waals surface area contributed by atoms with Crippen LogP contribution in [0.2, 0.25) is 0 Å². The summed E-state index contributed by atoms with van der Waals surface area (Å²) in [5, 5.41) is 4.32. The lowest BCUT2D eigenvalue weighted by Crippen LogP contribution is -2.70. The third kappa shape index (κ3) is 5.86. The van der Waals surface area contributed by atoms with Gasteiger partial charge < -0.3 is 23.6 Å². The summed E-state index contributed by atoms with van der Waals surface area (Å²) in [7, 11) is 1.58. The van der Waals surface area contributed by atoms with Crippen molar-refractivity contribution in [2.75, 3.05) is 12.9 Å². The summed E-state index contributed by atoms with van der Waals surface area (Å²) in [6.07, 6.45) is 1.51. The molecule has 2 atom stereocenters. The van der Waals surface area contributed by atoms with Gasteiger partial charge in [-0.3, -0.25) is 14.5 Å². The average Bonchev–Trinajstić information content (AvgIpc) is 3.72. The normalized spacial score (nSPS) is 17.6. The molecule has 2 amide bonds. The van der Waals surface area contributed by atoms with Crippen LogP contribution in [-0.4, -0.2) is 47.0 Å². The van der Waals surface area contributed by atoms with Crippen molar-refractivity contribution in [1.82, 2.24) is 10.2 Å². The number of rotatable bonds is 10. The number of hydrogen-bond donors (Lipinski definition) is 1. The van der Waals surface area contributed by atoms with E-state index in [2.05, 4.69) is 5.32 Å². The zero-order valence-electron chi connectivity index (χ0n) is 24.5. The van der Waals surface area contributed by atoms with Gasteiger partial charge in [0.15, 0.2) is 0 Å². The third-order valence-corrected chi connectivity index (χ3v) is 10.6. The van der Waals surface area contributed by atoms with Crippen LogP contribution in [0.4, 0.5) is 0 Å². The summed E-state index contributed by atoms with van der Waals surface area (Å²) in [5.41, 5.74) is 3.38. The minimum absolute atomic E-state index is 0.0132. The van der Waals surface area contributed by atoms with Crippen molar-refractivity contribution in [2.45, 2.75) is 35.2 Å². The van der Waals surface area contributed by atoms with Gasteiger partial charge in [0.25, 0.3) is 5.91 Å². The maximum Gasteiger partial charge on any atom is 0.356 e. The van der Waals surface area contributed by atoms with E-state index < -0.39 is 17.4 Å². The largest absolute Gasteiger partial charge is 0.497 e. The smallest absolute Gasteiger partial charge is 0.356 e. The van der Waals surface area contributed by atoms with Gasteiger partial charge in [0.05, 0.1) is 19.8 Å². The molecule has 0 unspecified atom stereocenters. The summed E-state index contributed by atoms with van der Waals surface area (Å²) in [5.74, 6) is 0.697. The summed E-state index contributed by atoms with van der Waals surface area (Å²) in [6.45, 7) is 0.0165. The van der Waals surface area contributed by atoms with Crippen LogP contribution < -0.4 is 10.1 Å². The molecule has 1 N–H and O–H groups in total. The molecule has 2 aliphatic heterocycles. The maximum atomic E-state index is 13.7. The first-order chi connectivity index (χ1) is 22.4. The number of hydrogen-bond acceptors (Lipinski definition) is 9. The predicted molar refractivity (Wildman–Crippen MR) is 176 cm³/mol. The number of alkyl halides is 1. The van der Waals surface area contributed by atoms with E-state index in [1.807, 2.05) is 48.5 Å². The van der Waals surface area contributed by atoms with Gasteiger partial charge in [-0.05, 0) is 59.7 Å². The van der Waals surface area contributed by atoms with E-state index in [1.54, 1.807) is 31.4 Å². The highest BCUT2D eigenvalue weighted by atomic mass is 35.5. The molecule has 0 aliphatic carbocycles. The number of fused-ring (bicyclic) bond motifs is 4. The molecule has 4 heterocycles. The SMILES string of the molecule is COc1ccc(COC(=O)C2=C(Sc3ccc4c(c3)oc3cc(CCl)ccc34)CS[C@H]3[C@H](NC(=O)Cc4ccco4)C(=O)N23)cc1. The standard InChI is InChI=1S/C34H27ClN2O7S2/c1-41-21-7-4-19(5-8-21)17-43-34(40)31-28(18-45-33-30(32(39)37(31)33)36-29(38)14-22-3-2-12-42-22)46-23-9-11-25-24-10-6-20(16-35)13-26(24)44-27(25)15-23/h2-13,15,30,33H,14,16-18H2,1H3,(H,36,38)/t30-,33+/m1/s1. The highest BCUT2D eigenvalue weighted by Gasteiger charge is 2.54. The molecule has 0 saturated carbocycles. The van der Waals surface area contributed by atoms with E-state index in [4.69, 9.17) is 29.9 Å². The van der Waals surface area contributed by atoms with Crippen LogP contribution in [0.1, 0.15) is 16.9 Å². The van der Waals surface area contributed by atoms with E-state index in [0.29, 0.717) is 33.6 Å². The fourth-order valence-electron chi connectivity index (χ4n) is 5.48. The van der Waals surface area contributed by atoms with Crippen molar-refractivity contribution in [1.29, 1.82) is 0 Å². The molecule has 0 radical (unpaired) electrons. The summed E-state index contributed by atoms with van der Waals surface area (Å²) >= 11 is 8.89. The maximum absolute atomic E-state index is 13.7. The van der Waals surface area contributed by atoms with E-state index in [-0.39, 0.29) is 30.5 Å². The number of ether oxygens (including phenoxy) is 2. The highest BCUT2D eigenvalue weighted by Crippen LogP contribution is 2.46. The number of nitrogens with zero attached hydrogens (tertiary/aromatic N) is 1. The molecule has 12 heteroatoms. The van der Waals surface area contributed by atoms with Crippen molar-refractivity contribution < 1.29 is 32.7 Å². The molecule has 3 aromatic carbocycles. The Hall–Kier alpha value is -4.32. The number of thioether (sulfide) groups is 2. The summed E-state index contributed by atoms with van der Waals surface area (Å²) in [4.78, 5) is 42.9. The summed E-state index contributed by atoms with van der Waals surface area (Å²) < 4.78 is 22.4. The van der Waals surface area contributed by atoms with Gasteiger partial charge in [-0.1, -0.05) is 36.0 Å². The van der Waals surface area contributed by atoms with Crippen molar-refractivity contribution in [2.24, 2.45) is 0 Å². The van der Waals surface area contributed by atoms with Crippen LogP contribution >= 0.6 is 35.1 Å². The first-order valence-corrected chi connectivity index (χ1v) is 16.8. The molecule has 0 spiro atoms. The average molecular weight is 675 g/mol. The van der Waals surface area contributed by atoms with Crippen molar-refractivity contribution in [3.05, 3.63) is 107 Å². The Morgan fingerprint density at radius 2 is 1.80 bits per heavy atom. The first kappa shape index (κ1) is 30.3. The minimum atomic E-state index is -0.770. The number of methoxy groups -OCH3 is 1. The molecule has 234 valence electrons. The lowest BCUT2D eigenvalue weighted by Gasteiger charge is -2.49. The van der Waals surface area contributed by atoms with Crippen LogP contribution in [0.25, 0.3) is 21.9 Å². The number of carbonyl (C=O) groups is 3. The number of esters is 1. The molecule has 46 heavy (non-hydrogen) atoms. The van der Waals surface area contributed by atoms with Gasteiger partial charge >= 0.3 is 5.97 Å². The second-order valence-electron chi connectivity index (χ2n) is 10.7. The number of β-lactam (4-membered cyclic amide) rings is 1. The molecule has 1 saturated heterocycles. The molecule has 1 fully saturated rings. The number of benzene rings is 3. The topological polar surface area (TPSA) is 111 Å². The van der Waals surface area contributed by atoms with Gasteiger partial charge in [0.2, 0.25) is 5.91 Å². The van der Waals surface area contributed by atoms with Crippen LogP contribution in [0.15, 0.2) is 103 Å². The molecule has 5 aromatic rings. The molecular weight excluding hydrogens is 648 g/mol. The van der Waals surface area contributed by atoms with E-state index >= 15 is 0 Å². The van der Waals surface area contributed by atoms with E-state index in [1.165, 1.54) is 34.7 Å². The van der Waals surface area contributed by atoms with Gasteiger partial charge in [0.1, 0.15) is 46.4 Å². The Kier molecular flexibility index (Phi) is 8.46. The Balaban J connectivity index is 1.15. The first-order valence-electron chi connectivity index (χ1n) is 14.4. The van der Waals surface area contributed by atoms with Gasteiger partial charge in [-0.25, -0.2) is 4.79 Å². The quantitative estimate of drug-likeness (QED) is 0.0993. The van der Waals surface area contributed by atoms with Gasteiger partial charge in [0, 0.05) is 32.2 Å². The summed E-state index contributed by atoms with van der Waals surface area (Å²) in [6, 6.07) is 21.6. The fourth-order valence-corrected chi connectivity index (χ4v) is 8.15.